The maximum atomic E-state index is 13.6. The Balaban J connectivity index is 2.17. The predicted octanol–water partition coefficient (Wildman–Crippen LogP) is 1.10. The number of sulfonamides is 1. The number of halogens is 1. The summed E-state index contributed by atoms with van der Waals surface area (Å²) in [6, 6.07) is 6.87. The summed E-state index contributed by atoms with van der Waals surface area (Å²) < 4.78 is 39.1. The number of hydrogen-bond acceptors (Lipinski definition) is 3. The van der Waals surface area contributed by atoms with E-state index in [9.17, 15) is 17.6 Å². The summed E-state index contributed by atoms with van der Waals surface area (Å²) in [7, 11) is -2.54. The average molecular weight is 311 g/mol. The Morgan fingerprint density at radius 2 is 2.00 bits per heavy atom. The van der Waals surface area contributed by atoms with E-state index in [-0.39, 0.29) is 5.69 Å². The van der Waals surface area contributed by atoms with Crippen LogP contribution < -0.4 is 10.3 Å². The summed E-state index contributed by atoms with van der Waals surface area (Å²) in [5.41, 5.74) is 2.90. The monoisotopic (exact) mass is 311 g/mol. The molecule has 2 N–H and O–H groups in total. The first-order valence-corrected chi connectivity index (χ1v) is 7.49. The van der Waals surface area contributed by atoms with E-state index in [1.807, 2.05) is 10.3 Å². The van der Waals surface area contributed by atoms with Crippen LogP contribution in [0.5, 0.6) is 0 Å². The molecule has 0 saturated heterocycles. The number of amides is 1. The van der Waals surface area contributed by atoms with Gasteiger partial charge >= 0.3 is 0 Å². The largest absolute Gasteiger partial charge is 0.347 e. The summed E-state index contributed by atoms with van der Waals surface area (Å²) in [5.74, 6) is -1.53. The summed E-state index contributed by atoms with van der Waals surface area (Å²) in [6.45, 7) is 1.64. The molecule has 0 fully saturated rings. The number of benzene rings is 1. The van der Waals surface area contributed by atoms with Gasteiger partial charge in [-0.15, -0.1) is 4.83 Å². The molecule has 0 radical (unpaired) electrons. The molecule has 2 aromatic rings. The normalized spacial score (nSPS) is 11.4. The van der Waals surface area contributed by atoms with Gasteiger partial charge in [-0.05, 0) is 36.8 Å². The topological polar surface area (TPSA) is 80.2 Å². The molecule has 6 nitrogen and oxygen atoms in total. The zero-order valence-electron chi connectivity index (χ0n) is 11.4. The number of nitrogens with one attached hydrogen (secondary N) is 2. The number of hydrogen-bond donors (Lipinski definition) is 2. The zero-order chi connectivity index (χ0) is 15.6. The van der Waals surface area contributed by atoms with Crippen LogP contribution in [-0.4, -0.2) is 18.9 Å². The van der Waals surface area contributed by atoms with Gasteiger partial charge in [-0.1, -0.05) is 6.07 Å². The Morgan fingerprint density at radius 3 is 2.62 bits per heavy atom. The van der Waals surface area contributed by atoms with Crippen LogP contribution in [0.1, 0.15) is 16.1 Å². The van der Waals surface area contributed by atoms with Crippen LogP contribution >= 0.6 is 0 Å². The van der Waals surface area contributed by atoms with E-state index in [1.54, 1.807) is 26.2 Å². The highest BCUT2D eigenvalue weighted by Gasteiger charge is 2.20. The van der Waals surface area contributed by atoms with E-state index in [0.717, 1.165) is 6.07 Å². The highest BCUT2D eigenvalue weighted by atomic mass is 32.2. The molecule has 1 aromatic heterocycles. The number of aromatic nitrogens is 1. The van der Waals surface area contributed by atoms with E-state index < -0.39 is 26.6 Å². The lowest BCUT2D eigenvalue weighted by Gasteiger charge is -2.10. The molecule has 0 unspecified atom stereocenters. The minimum Gasteiger partial charge on any atom is -0.347 e. The molecule has 1 amide bonds. The van der Waals surface area contributed by atoms with Gasteiger partial charge in [-0.3, -0.25) is 10.2 Å². The van der Waals surface area contributed by atoms with Crippen molar-refractivity contribution in [1.29, 1.82) is 0 Å². The average Bonchev–Trinajstić information content (AvgIpc) is 2.85. The van der Waals surface area contributed by atoms with Gasteiger partial charge in [0, 0.05) is 13.2 Å². The van der Waals surface area contributed by atoms with Crippen molar-refractivity contribution in [2.45, 2.75) is 11.8 Å². The standard InChI is InChI=1S/C13H14FN3O3S/c1-9-5-6-10(14)12(8-9)21(19,20)16-15-13(18)11-4-3-7-17(11)2/h3-8,16H,1-2H3,(H,15,18). The minimum absolute atomic E-state index is 0.266. The van der Waals surface area contributed by atoms with Crippen molar-refractivity contribution < 1.29 is 17.6 Å². The number of hydrazine groups is 1. The second-order valence-electron chi connectivity index (χ2n) is 4.50. The minimum atomic E-state index is -4.18. The van der Waals surface area contributed by atoms with Crippen LogP contribution in [0.15, 0.2) is 41.4 Å². The predicted molar refractivity (Wildman–Crippen MR) is 74.3 cm³/mol. The molecule has 0 aliphatic rings. The van der Waals surface area contributed by atoms with E-state index >= 15 is 0 Å². The molecular formula is C13H14FN3O3S. The maximum Gasteiger partial charge on any atom is 0.282 e. The van der Waals surface area contributed by atoms with Crippen molar-refractivity contribution in [3.63, 3.8) is 0 Å². The molecule has 0 spiro atoms. The molecule has 112 valence electrons. The van der Waals surface area contributed by atoms with Crippen molar-refractivity contribution in [1.82, 2.24) is 14.8 Å². The summed E-state index contributed by atoms with van der Waals surface area (Å²) in [6.07, 6.45) is 1.64. The second-order valence-corrected chi connectivity index (χ2v) is 6.15. The van der Waals surface area contributed by atoms with Gasteiger partial charge < -0.3 is 4.57 Å². The van der Waals surface area contributed by atoms with Gasteiger partial charge in [-0.25, -0.2) is 12.8 Å². The van der Waals surface area contributed by atoms with E-state index in [1.165, 1.54) is 22.8 Å². The first-order chi connectivity index (χ1) is 9.81. The first-order valence-electron chi connectivity index (χ1n) is 6.01. The second kappa shape index (κ2) is 5.66. The Bertz CT molecular complexity index is 784. The zero-order valence-corrected chi connectivity index (χ0v) is 12.2. The number of carbonyl (C=O) groups excluding carboxylic acids is 1. The third-order valence-electron chi connectivity index (χ3n) is 2.85. The Hall–Kier alpha value is -2.19. The van der Waals surface area contributed by atoms with Gasteiger partial charge in [0.1, 0.15) is 16.4 Å². The molecule has 8 heteroatoms. The van der Waals surface area contributed by atoms with Gasteiger partial charge in [0.15, 0.2) is 0 Å². The summed E-state index contributed by atoms with van der Waals surface area (Å²) >= 11 is 0. The fraction of sp³-hybridized carbons (Fsp3) is 0.154. The molecule has 21 heavy (non-hydrogen) atoms. The molecule has 2 rings (SSSR count). The van der Waals surface area contributed by atoms with Crippen molar-refractivity contribution in [2.24, 2.45) is 7.05 Å². The highest BCUT2D eigenvalue weighted by Crippen LogP contribution is 2.15. The smallest absolute Gasteiger partial charge is 0.282 e. The van der Waals surface area contributed by atoms with Gasteiger partial charge in [0.05, 0.1) is 0 Å². The van der Waals surface area contributed by atoms with Gasteiger partial charge in [0.2, 0.25) is 0 Å². The van der Waals surface area contributed by atoms with Crippen LogP contribution in [0.2, 0.25) is 0 Å². The number of carbonyl (C=O) groups is 1. The fourth-order valence-electron chi connectivity index (χ4n) is 1.75. The third kappa shape index (κ3) is 3.29. The van der Waals surface area contributed by atoms with Gasteiger partial charge in [-0.2, -0.15) is 0 Å². The van der Waals surface area contributed by atoms with Gasteiger partial charge in [0.25, 0.3) is 15.9 Å². The Kier molecular flexibility index (Phi) is 4.10. The number of aryl methyl sites for hydroxylation is 2. The number of nitrogens with zero attached hydrogens (tertiary/aromatic N) is 1. The molecule has 0 saturated carbocycles. The molecule has 0 aliphatic heterocycles. The summed E-state index contributed by atoms with van der Waals surface area (Å²) in [5, 5.41) is 0. The van der Waals surface area contributed by atoms with E-state index in [0.29, 0.717) is 5.56 Å². The lowest BCUT2D eigenvalue weighted by atomic mass is 10.2. The fourth-order valence-corrected chi connectivity index (χ4v) is 2.75. The van der Waals surface area contributed by atoms with Crippen LogP contribution in [0, 0.1) is 12.7 Å². The van der Waals surface area contributed by atoms with E-state index in [2.05, 4.69) is 0 Å². The van der Waals surface area contributed by atoms with Crippen LogP contribution in [0.3, 0.4) is 0 Å². The Labute approximate surface area is 121 Å². The quantitative estimate of drug-likeness (QED) is 0.830. The van der Waals surface area contributed by atoms with E-state index in [4.69, 9.17) is 0 Å². The molecule has 1 aromatic carbocycles. The molecule has 0 aliphatic carbocycles. The molecule has 0 atom stereocenters. The maximum absolute atomic E-state index is 13.6. The van der Waals surface area contributed by atoms with Crippen LogP contribution in [0.25, 0.3) is 0 Å². The molecular weight excluding hydrogens is 297 g/mol. The summed E-state index contributed by atoms with van der Waals surface area (Å²) in [4.78, 5) is 13.2. The highest BCUT2D eigenvalue weighted by molar-refractivity contribution is 7.89. The lowest BCUT2D eigenvalue weighted by molar-refractivity contribution is 0.0937. The SMILES string of the molecule is Cc1ccc(F)c(S(=O)(=O)NNC(=O)c2cccn2C)c1. The first kappa shape index (κ1) is 15.2. The Morgan fingerprint density at radius 1 is 1.29 bits per heavy atom. The molecule has 0 bridgehead atoms. The van der Waals surface area contributed by atoms with Crippen molar-refractivity contribution in [3.05, 3.63) is 53.6 Å². The lowest BCUT2D eigenvalue weighted by Crippen LogP contribution is -2.42. The third-order valence-corrected chi connectivity index (χ3v) is 4.11. The van der Waals surface area contributed by atoms with Crippen molar-refractivity contribution in [3.8, 4) is 0 Å². The van der Waals surface area contributed by atoms with Crippen LogP contribution in [-0.2, 0) is 17.1 Å². The molecule has 1 heterocycles. The van der Waals surface area contributed by atoms with Crippen molar-refractivity contribution in [2.75, 3.05) is 0 Å². The van der Waals surface area contributed by atoms with Crippen molar-refractivity contribution >= 4 is 15.9 Å². The number of rotatable bonds is 4. The van der Waals surface area contributed by atoms with Crippen LogP contribution in [0.4, 0.5) is 4.39 Å².